The van der Waals surface area contributed by atoms with Crippen LogP contribution >= 0.6 is 0 Å². The molecule has 0 aliphatic carbocycles. The molecule has 6 nitrogen and oxygen atoms in total. The molecule has 2 atom stereocenters. The number of carbonyl (C=O) groups is 2. The fourth-order valence-corrected chi connectivity index (χ4v) is 3.46. The van der Waals surface area contributed by atoms with Gasteiger partial charge in [0, 0.05) is 11.3 Å². The highest BCUT2D eigenvalue weighted by atomic mass is 16.2. The molecule has 31 heavy (non-hydrogen) atoms. The number of hydrogen-bond donors (Lipinski definition) is 3. The maximum absolute atomic E-state index is 13.1. The maximum atomic E-state index is 13.1. The van der Waals surface area contributed by atoms with Crippen molar-refractivity contribution < 1.29 is 9.59 Å². The summed E-state index contributed by atoms with van der Waals surface area (Å²) < 4.78 is 0. The number of pyridine rings is 1. The molecule has 0 aliphatic heterocycles. The maximum Gasteiger partial charge on any atom is 0.247 e. The van der Waals surface area contributed by atoms with E-state index in [2.05, 4.69) is 15.6 Å². The normalized spacial score (nSPS) is 12.8. The highest BCUT2D eigenvalue weighted by molar-refractivity contribution is 5.98. The first kappa shape index (κ1) is 22.4. The second kappa shape index (κ2) is 11.2. The molecular weight excluding hydrogens is 388 g/mol. The third-order valence-corrected chi connectivity index (χ3v) is 5.34. The minimum Gasteiger partial charge on any atom is -0.344 e. The van der Waals surface area contributed by atoms with Crippen molar-refractivity contribution in [3.05, 3.63) is 72.4 Å². The Bertz CT molecular complexity index is 1010. The lowest BCUT2D eigenvalue weighted by Gasteiger charge is -2.21. The van der Waals surface area contributed by atoms with E-state index in [1.165, 1.54) is 0 Å². The molecule has 2 aromatic carbocycles. The van der Waals surface area contributed by atoms with Crippen molar-refractivity contribution in [2.24, 2.45) is 11.7 Å². The summed E-state index contributed by atoms with van der Waals surface area (Å²) >= 11 is 0. The second-order valence-electron chi connectivity index (χ2n) is 7.82. The van der Waals surface area contributed by atoms with E-state index in [4.69, 9.17) is 5.73 Å². The topological polar surface area (TPSA) is 97.1 Å². The molecule has 2 unspecified atom stereocenters. The fourth-order valence-electron chi connectivity index (χ4n) is 3.46. The lowest BCUT2D eigenvalue weighted by atomic mass is 10.0. The Morgan fingerprint density at radius 3 is 2.52 bits per heavy atom. The summed E-state index contributed by atoms with van der Waals surface area (Å²) in [5.74, 6) is -0.566. The van der Waals surface area contributed by atoms with Crippen LogP contribution in [0, 0.1) is 5.92 Å². The van der Waals surface area contributed by atoms with Crippen LogP contribution < -0.4 is 16.4 Å². The number of hydrogen-bond acceptors (Lipinski definition) is 4. The number of benzene rings is 2. The van der Waals surface area contributed by atoms with Crippen LogP contribution in [0.4, 0.5) is 5.69 Å². The zero-order valence-corrected chi connectivity index (χ0v) is 17.9. The molecule has 0 aliphatic rings. The van der Waals surface area contributed by atoms with E-state index in [-0.39, 0.29) is 17.7 Å². The predicted molar refractivity (Wildman–Crippen MR) is 125 cm³/mol. The number of anilines is 1. The number of carbonyl (C=O) groups excluding carboxylic acids is 2. The minimum absolute atomic E-state index is 0.127. The van der Waals surface area contributed by atoms with Gasteiger partial charge >= 0.3 is 0 Å². The van der Waals surface area contributed by atoms with Gasteiger partial charge in [-0.05, 0) is 49.9 Å². The summed E-state index contributed by atoms with van der Waals surface area (Å²) in [6.45, 7) is 2.41. The van der Waals surface area contributed by atoms with Gasteiger partial charge in [-0.2, -0.15) is 0 Å². The van der Waals surface area contributed by atoms with E-state index >= 15 is 0 Å². The average molecular weight is 419 g/mol. The van der Waals surface area contributed by atoms with E-state index in [9.17, 15) is 9.59 Å². The van der Waals surface area contributed by atoms with Crippen molar-refractivity contribution in [3.8, 4) is 0 Å². The molecule has 0 bridgehead atoms. The summed E-state index contributed by atoms with van der Waals surface area (Å²) in [6.07, 6.45) is 4.31. The number of para-hydroxylation sites is 1. The average Bonchev–Trinajstić information content (AvgIpc) is 2.80. The Balaban J connectivity index is 1.71. The third-order valence-electron chi connectivity index (χ3n) is 5.34. The Labute approximate surface area is 183 Å². The van der Waals surface area contributed by atoms with Gasteiger partial charge in [0.15, 0.2) is 0 Å². The SMILES string of the molecule is CC(CCCN)C(=O)NC(CCc1ccccc1)C(=O)Nc1cnc2ccccc2c1. The highest BCUT2D eigenvalue weighted by Gasteiger charge is 2.23. The van der Waals surface area contributed by atoms with E-state index < -0.39 is 6.04 Å². The van der Waals surface area contributed by atoms with Crippen LogP contribution in [0.15, 0.2) is 66.9 Å². The third kappa shape index (κ3) is 6.62. The molecule has 162 valence electrons. The molecule has 0 spiro atoms. The molecule has 3 rings (SSSR count). The van der Waals surface area contributed by atoms with Crippen LogP contribution in [-0.4, -0.2) is 29.4 Å². The smallest absolute Gasteiger partial charge is 0.247 e. The molecule has 1 aromatic heterocycles. The van der Waals surface area contributed by atoms with Crippen molar-refractivity contribution in [1.82, 2.24) is 10.3 Å². The van der Waals surface area contributed by atoms with Crippen molar-refractivity contribution >= 4 is 28.4 Å². The number of aryl methyl sites for hydroxylation is 1. The van der Waals surface area contributed by atoms with Crippen LogP contribution in [-0.2, 0) is 16.0 Å². The summed E-state index contributed by atoms with van der Waals surface area (Å²) in [7, 11) is 0. The quantitative estimate of drug-likeness (QED) is 0.468. The Morgan fingerprint density at radius 2 is 1.74 bits per heavy atom. The summed E-state index contributed by atoms with van der Waals surface area (Å²) in [5.41, 5.74) is 8.16. The van der Waals surface area contributed by atoms with Gasteiger partial charge in [0.1, 0.15) is 6.04 Å². The second-order valence-corrected chi connectivity index (χ2v) is 7.82. The van der Waals surface area contributed by atoms with Gasteiger partial charge in [0.05, 0.1) is 17.4 Å². The molecule has 0 saturated heterocycles. The van der Waals surface area contributed by atoms with E-state index in [0.717, 1.165) is 22.9 Å². The first-order valence-corrected chi connectivity index (χ1v) is 10.8. The Hall–Kier alpha value is -3.25. The molecule has 0 saturated carbocycles. The molecule has 3 aromatic rings. The van der Waals surface area contributed by atoms with Crippen molar-refractivity contribution in [2.75, 3.05) is 11.9 Å². The molecule has 4 N–H and O–H groups in total. The minimum atomic E-state index is -0.639. The van der Waals surface area contributed by atoms with Gasteiger partial charge in [0.2, 0.25) is 11.8 Å². The van der Waals surface area contributed by atoms with E-state index in [1.54, 1.807) is 6.20 Å². The summed E-state index contributed by atoms with van der Waals surface area (Å²) in [5, 5.41) is 6.81. The molecule has 2 amide bonds. The van der Waals surface area contributed by atoms with Gasteiger partial charge in [-0.3, -0.25) is 14.6 Å². The van der Waals surface area contributed by atoms with Crippen LogP contribution in [0.1, 0.15) is 31.7 Å². The predicted octanol–water partition coefficient (Wildman–Crippen LogP) is 3.67. The first-order valence-electron chi connectivity index (χ1n) is 10.8. The van der Waals surface area contributed by atoms with Gasteiger partial charge in [0.25, 0.3) is 0 Å². The van der Waals surface area contributed by atoms with Crippen molar-refractivity contribution in [3.63, 3.8) is 0 Å². The molecule has 1 heterocycles. The largest absolute Gasteiger partial charge is 0.344 e. The van der Waals surface area contributed by atoms with Crippen LogP contribution in [0.5, 0.6) is 0 Å². The van der Waals surface area contributed by atoms with Gasteiger partial charge < -0.3 is 16.4 Å². The lowest BCUT2D eigenvalue weighted by Crippen LogP contribution is -2.46. The van der Waals surface area contributed by atoms with Crippen molar-refractivity contribution in [2.45, 2.75) is 38.6 Å². The van der Waals surface area contributed by atoms with Crippen LogP contribution in [0.3, 0.4) is 0 Å². The zero-order chi connectivity index (χ0) is 22.1. The molecule has 0 radical (unpaired) electrons. The van der Waals surface area contributed by atoms with Crippen molar-refractivity contribution in [1.29, 1.82) is 0 Å². The summed E-state index contributed by atoms with van der Waals surface area (Å²) in [4.78, 5) is 30.1. The van der Waals surface area contributed by atoms with E-state index in [0.29, 0.717) is 31.5 Å². The number of nitrogens with one attached hydrogen (secondary N) is 2. The van der Waals surface area contributed by atoms with Gasteiger partial charge in [-0.25, -0.2) is 0 Å². The molecule has 0 fully saturated rings. The van der Waals surface area contributed by atoms with Crippen LogP contribution in [0.25, 0.3) is 10.9 Å². The van der Waals surface area contributed by atoms with Gasteiger partial charge in [-0.1, -0.05) is 55.5 Å². The molecule has 6 heteroatoms. The Kier molecular flexibility index (Phi) is 8.12. The zero-order valence-electron chi connectivity index (χ0n) is 17.9. The number of aromatic nitrogens is 1. The Morgan fingerprint density at radius 1 is 1.00 bits per heavy atom. The standard InChI is InChI=1S/C25H30N4O2/c1-18(8-7-15-26)24(30)29-23(14-13-19-9-3-2-4-10-19)25(31)28-21-16-20-11-5-6-12-22(20)27-17-21/h2-6,9-12,16-18,23H,7-8,13-15,26H2,1H3,(H,28,31)(H,29,30). The number of rotatable bonds is 10. The number of fused-ring (bicyclic) bond motifs is 1. The summed E-state index contributed by atoms with van der Waals surface area (Å²) in [6, 6.07) is 18.9. The highest BCUT2D eigenvalue weighted by Crippen LogP contribution is 2.17. The number of amides is 2. The van der Waals surface area contributed by atoms with Gasteiger partial charge in [-0.15, -0.1) is 0 Å². The van der Waals surface area contributed by atoms with E-state index in [1.807, 2.05) is 67.6 Å². The number of nitrogens with zero attached hydrogens (tertiary/aromatic N) is 1. The van der Waals surface area contributed by atoms with Crippen LogP contribution in [0.2, 0.25) is 0 Å². The molecular formula is C25H30N4O2. The monoisotopic (exact) mass is 418 g/mol. The first-order chi connectivity index (χ1) is 15.1. The fraction of sp³-hybridized carbons (Fsp3) is 0.320. The number of nitrogens with two attached hydrogens (primary N) is 1. The lowest BCUT2D eigenvalue weighted by molar-refractivity contribution is -0.129.